The highest BCUT2D eigenvalue weighted by molar-refractivity contribution is 6.13. The Balaban J connectivity index is 1.21. The molecule has 3 aromatic heterocycles. The number of benzene rings is 7. The minimum Gasteiger partial charge on any atom is -0.456 e. The Hall–Kier alpha value is -6.85. The van der Waals surface area contributed by atoms with E-state index in [1.54, 1.807) is 0 Å². The summed E-state index contributed by atoms with van der Waals surface area (Å²) in [5.74, 6) is 1.90. The number of aromatic nitrogens is 4. The zero-order chi connectivity index (χ0) is 33.0. The fourth-order valence-corrected chi connectivity index (χ4v) is 7.13. The molecule has 50 heavy (non-hydrogen) atoms. The largest absolute Gasteiger partial charge is 0.456 e. The van der Waals surface area contributed by atoms with Gasteiger partial charge in [0.15, 0.2) is 17.5 Å². The number of para-hydroxylation sites is 3. The van der Waals surface area contributed by atoms with Crippen LogP contribution in [-0.4, -0.2) is 19.5 Å². The Kier molecular flexibility index (Phi) is 6.42. The van der Waals surface area contributed by atoms with Crippen LogP contribution in [0.25, 0.3) is 94.7 Å². The molecule has 0 fully saturated rings. The average Bonchev–Trinajstić information content (AvgIpc) is 3.74. The zero-order valence-corrected chi connectivity index (χ0v) is 26.9. The van der Waals surface area contributed by atoms with Crippen LogP contribution < -0.4 is 0 Å². The Labute approximate surface area is 287 Å². The lowest BCUT2D eigenvalue weighted by atomic mass is 10.0. The van der Waals surface area contributed by atoms with Crippen LogP contribution in [0.2, 0.25) is 0 Å². The van der Waals surface area contributed by atoms with Crippen molar-refractivity contribution in [2.24, 2.45) is 0 Å². The number of hydrogen-bond donors (Lipinski definition) is 0. The van der Waals surface area contributed by atoms with E-state index in [4.69, 9.17) is 19.4 Å². The number of fused-ring (bicyclic) bond motifs is 6. The second-order valence-corrected chi connectivity index (χ2v) is 12.5. The monoisotopic (exact) mass is 640 g/mol. The van der Waals surface area contributed by atoms with Crippen LogP contribution in [0.4, 0.5) is 0 Å². The maximum Gasteiger partial charge on any atom is 0.166 e. The van der Waals surface area contributed by atoms with Crippen LogP contribution in [0.5, 0.6) is 0 Å². The maximum atomic E-state index is 6.13. The van der Waals surface area contributed by atoms with E-state index in [0.29, 0.717) is 17.5 Å². The molecule has 0 radical (unpaired) electrons. The minimum atomic E-state index is 0.626. The summed E-state index contributed by atoms with van der Waals surface area (Å²) in [4.78, 5) is 15.2. The van der Waals surface area contributed by atoms with Crippen molar-refractivity contribution in [2.45, 2.75) is 0 Å². The van der Waals surface area contributed by atoms with E-state index in [0.717, 1.165) is 71.9 Å². The van der Waals surface area contributed by atoms with Gasteiger partial charge < -0.3 is 8.98 Å². The van der Waals surface area contributed by atoms with Crippen molar-refractivity contribution < 1.29 is 4.42 Å². The lowest BCUT2D eigenvalue weighted by molar-refractivity contribution is 0.669. The van der Waals surface area contributed by atoms with Crippen molar-refractivity contribution in [2.75, 3.05) is 0 Å². The molecule has 0 atom stereocenters. The molecule has 0 saturated carbocycles. The smallest absolute Gasteiger partial charge is 0.166 e. The van der Waals surface area contributed by atoms with Gasteiger partial charge in [-0.2, -0.15) is 0 Å². The maximum absolute atomic E-state index is 6.13. The summed E-state index contributed by atoms with van der Waals surface area (Å²) in [5.41, 5.74) is 10.1. The van der Waals surface area contributed by atoms with Gasteiger partial charge in [0.1, 0.15) is 11.2 Å². The van der Waals surface area contributed by atoms with Gasteiger partial charge in [-0.25, -0.2) is 15.0 Å². The molecule has 234 valence electrons. The van der Waals surface area contributed by atoms with E-state index in [2.05, 4.69) is 102 Å². The van der Waals surface area contributed by atoms with E-state index in [9.17, 15) is 0 Å². The third-order valence-electron chi connectivity index (χ3n) is 9.45. The predicted octanol–water partition coefficient (Wildman–Crippen LogP) is 11.5. The molecule has 10 rings (SSSR count). The quantitative estimate of drug-likeness (QED) is 0.188. The van der Waals surface area contributed by atoms with E-state index in [-0.39, 0.29) is 0 Å². The van der Waals surface area contributed by atoms with Gasteiger partial charge in [0.05, 0.1) is 11.0 Å². The van der Waals surface area contributed by atoms with E-state index in [1.165, 1.54) is 5.39 Å². The molecular formula is C45H28N4O. The van der Waals surface area contributed by atoms with Crippen molar-refractivity contribution in [3.8, 4) is 51.0 Å². The highest BCUT2D eigenvalue weighted by atomic mass is 16.3. The molecule has 5 nitrogen and oxygen atoms in total. The van der Waals surface area contributed by atoms with Crippen LogP contribution in [-0.2, 0) is 0 Å². The van der Waals surface area contributed by atoms with Crippen LogP contribution in [0.3, 0.4) is 0 Å². The molecule has 0 bridgehead atoms. The number of hydrogen-bond acceptors (Lipinski definition) is 4. The highest BCUT2D eigenvalue weighted by Gasteiger charge is 2.20. The Bertz CT molecular complexity index is 2810. The summed E-state index contributed by atoms with van der Waals surface area (Å²) in [6, 6.07) is 58.6. The molecule has 10 aromatic rings. The van der Waals surface area contributed by atoms with Gasteiger partial charge >= 0.3 is 0 Å². The van der Waals surface area contributed by atoms with E-state index < -0.39 is 0 Å². The standard InChI is InChI=1S/C45H28N4O/c1-3-13-29(14-4-1)43-46-44(30-15-5-2-6-16-30)48-45(47-43)37-22-12-21-36-34-19-7-9-23-39(34)49(42(36)37)33-18-11-17-31(27-33)32-25-26-41-38(28-32)35-20-8-10-24-40(35)50-41/h1-28H. The van der Waals surface area contributed by atoms with Gasteiger partial charge in [0.2, 0.25) is 0 Å². The summed E-state index contributed by atoms with van der Waals surface area (Å²) < 4.78 is 8.48. The third kappa shape index (κ3) is 4.60. The fraction of sp³-hybridized carbons (Fsp3) is 0. The van der Waals surface area contributed by atoms with Gasteiger partial charge in [-0.05, 0) is 53.6 Å². The van der Waals surface area contributed by atoms with Crippen molar-refractivity contribution in [1.82, 2.24) is 19.5 Å². The first-order valence-corrected chi connectivity index (χ1v) is 16.7. The normalized spacial score (nSPS) is 11.6. The molecule has 0 aliphatic carbocycles. The zero-order valence-electron chi connectivity index (χ0n) is 26.9. The highest BCUT2D eigenvalue weighted by Crippen LogP contribution is 2.39. The molecule has 0 N–H and O–H groups in total. The van der Waals surface area contributed by atoms with Crippen LogP contribution in [0.1, 0.15) is 0 Å². The average molecular weight is 641 g/mol. The molecular weight excluding hydrogens is 613 g/mol. The first kappa shape index (κ1) is 28.2. The Morgan fingerprint density at radius 3 is 1.74 bits per heavy atom. The van der Waals surface area contributed by atoms with Crippen molar-refractivity contribution in [1.29, 1.82) is 0 Å². The summed E-state index contributed by atoms with van der Waals surface area (Å²) in [7, 11) is 0. The van der Waals surface area contributed by atoms with Crippen molar-refractivity contribution in [3.63, 3.8) is 0 Å². The summed E-state index contributed by atoms with van der Waals surface area (Å²) in [6.45, 7) is 0. The first-order chi connectivity index (χ1) is 24.8. The van der Waals surface area contributed by atoms with Gasteiger partial charge in [-0.3, -0.25) is 0 Å². The number of rotatable bonds is 5. The van der Waals surface area contributed by atoms with Gasteiger partial charge in [-0.15, -0.1) is 0 Å². The van der Waals surface area contributed by atoms with Gasteiger partial charge in [-0.1, -0.05) is 127 Å². The molecule has 7 aromatic carbocycles. The molecule has 0 aliphatic rings. The summed E-state index contributed by atoms with van der Waals surface area (Å²) >= 11 is 0. The third-order valence-corrected chi connectivity index (χ3v) is 9.45. The molecule has 0 amide bonds. The molecule has 0 aliphatic heterocycles. The lowest BCUT2D eigenvalue weighted by Crippen LogP contribution is -2.02. The molecule has 3 heterocycles. The second-order valence-electron chi connectivity index (χ2n) is 12.5. The van der Waals surface area contributed by atoms with Crippen LogP contribution in [0, 0.1) is 0 Å². The van der Waals surface area contributed by atoms with Gasteiger partial charge in [0, 0.05) is 43.9 Å². The first-order valence-electron chi connectivity index (χ1n) is 16.7. The number of furan rings is 1. The van der Waals surface area contributed by atoms with Gasteiger partial charge in [0.25, 0.3) is 0 Å². The van der Waals surface area contributed by atoms with Crippen molar-refractivity contribution >= 4 is 43.7 Å². The molecule has 0 saturated heterocycles. The number of nitrogens with zero attached hydrogens (tertiary/aromatic N) is 4. The van der Waals surface area contributed by atoms with Crippen LogP contribution in [0.15, 0.2) is 174 Å². The van der Waals surface area contributed by atoms with E-state index >= 15 is 0 Å². The predicted molar refractivity (Wildman–Crippen MR) is 203 cm³/mol. The molecule has 0 spiro atoms. The summed E-state index contributed by atoms with van der Waals surface area (Å²) in [6.07, 6.45) is 0. The van der Waals surface area contributed by atoms with Crippen molar-refractivity contribution in [3.05, 3.63) is 170 Å². The second kappa shape index (κ2) is 11.4. The lowest BCUT2D eigenvalue weighted by Gasteiger charge is -2.14. The summed E-state index contributed by atoms with van der Waals surface area (Å²) in [5, 5.41) is 4.54. The van der Waals surface area contributed by atoms with Crippen LogP contribution >= 0.6 is 0 Å². The molecule has 5 heteroatoms. The Morgan fingerprint density at radius 1 is 0.380 bits per heavy atom. The Morgan fingerprint density at radius 2 is 0.960 bits per heavy atom. The minimum absolute atomic E-state index is 0.626. The SMILES string of the molecule is c1ccc(-c2nc(-c3ccccc3)nc(-c3cccc4c5ccccc5n(-c5cccc(-c6ccc7oc8ccccc8c7c6)c5)c34)n2)cc1. The fourth-order valence-electron chi connectivity index (χ4n) is 7.13. The molecule has 0 unspecified atom stereocenters. The van der Waals surface area contributed by atoms with E-state index in [1.807, 2.05) is 72.8 Å². The topological polar surface area (TPSA) is 56.7 Å².